The zero-order valence-corrected chi connectivity index (χ0v) is 25.9. The third-order valence-electron chi connectivity index (χ3n) is 8.26. The minimum absolute atomic E-state index is 0.0674. The van der Waals surface area contributed by atoms with Gasteiger partial charge in [-0.3, -0.25) is 0 Å². The maximum atomic E-state index is 4.78. The third-order valence-corrected chi connectivity index (χ3v) is 8.26. The molecule has 0 saturated carbocycles. The van der Waals surface area contributed by atoms with E-state index in [9.17, 15) is 0 Å². The zero-order valence-electron chi connectivity index (χ0n) is 25.9. The number of hydrogen-bond donors (Lipinski definition) is 2. The van der Waals surface area contributed by atoms with E-state index < -0.39 is 0 Å². The maximum absolute atomic E-state index is 4.78. The molecule has 5 rings (SSSR count). The number of benzene rings is 3. The third kappa shape index (κ3) is 5.81. The Labute approximate surface area is 246 Å². The molecule has 0 spiro atoms. The fraction of sp³-hybridized carbons (Fsp3) is 0.342. The lowest BCUT2D eigenvalue weighted by atomic mass is 9.84. The van der Waals surface area contributed by atoms with Crippen molar-refractivity contribution in [3.63, 3.8) is 0 Å². The standard InChI is InChI=1S/C38H45N3/c1-23(2)30-11-9-12-31(24(3)4)36(30)28-15-16-34-27(21-28)17-20-40-38(34)41-35-22-29(18-19-39-35)37-32(25(5)6)13-10-14-33(37)26(7)8/h9-26,35,39H,1-8H3,(H,40,41). The highest BCUT2D eigenvalue weighted by molar-refractivity contribution is 5.95. The van der Waals surface area contributed by atoms with Crippen molar-refractivity contribution in [1.82, 2.24) is 10.3 Å². The Morgan fingerprint density at radius 2 is 1.24 bits per heavy atom. The molecule has 0 bridgehead atoms. The SMILES string of the molecule is CC(C)c1cccc(C(C)C)c1C1=CC(Nc2nccc3cc(-c4c(C(C)C)cccc4C(C)C)ccc23)NC=C1. The summed E-state index contributed by atoms with van der Waals surface area (Å²) >= 11 is 0. The van der Waals surface area contributed by atoms with Gasteiger partial charge < -0.3 is 10.6 Å². The summed E-state index contributed by atoms with van der Waals surface area (Å²) in [4.78, 5) is 4.78. The molecule has 0 radical (unpaired) electrons. The van der Waals surface area contributed by atoms with E-state index in [4.69, 9.17) is 4.98 Å². The predicted molar refractivity (Wildman–Crippen MR) is 178 cm³/mol. The van der Waals surface area contributed by atoms with Gasteiger partial charge in [0.05, 0.1) is 0 Å². The van der Waals surface area contributed by atoms with Crippen molar-refractivity contribution in [3.05, 3.63) is 113 Å². The number of anilines is 1. The first-order chi connectivity index (χ1) is 19.7. The van der Waals surface area contributed by atoms with Crippen LogP contribution in [-0.2, 0) is 0 Å². The molecular weight excluding hydrogens is 498 g/mol. The fourth-order valence-electron chi connectivity index (χ4n) is 6.14. The van der Waals surface area contributed by atoms with E-state index in [-0.39, 0.29) is 6.17 Å². The molecule has 0 fully saturated rings. The molecule has 0 amide bonds. The topological polar surface area (TPSA) is 37.0 Å². The average molecular weight is 544 g/mol. The number of nitrogens with one attached hydrogen (secondary N) is 2. The minimum Gasteiger partial charge on any atom is -0.368 e. The van der Waals surface area contributed by atoms with Crippen molar-refractivity contribution in [2.75, 3.05) is 5.32 Å². The van der Waals surface area contributed by atoms with Crippen LogP contribution in [0.15, 0.2) is 85.2 Å². The summed E-state index contributed by atoms with van der Waals surface area (Å²) in [5.74, 6) is 2.70. The van der Waals surface area contributed by atoms with E-state index in [1.807, 2.05) is 6.20 Å². The van der Waals surface area contributed by atoms with E-state index >= 15 is 0 Å². The summed E-state index contributed by atoms with van der Waals surface area (Å²) in [5, 5.41) is 9.50. The quantitative estimate of drug-likeness (QED) is 0.232. The summed E-state index contributed by atoms with van der Waals surface area (Å²) < 4.78 is 0. The van der Waals surface area contributed by atoms with Gasteiger partial charge in [-0.2, -0.15) is 0 Å². The molecule has 212 valence electrons. The van der Waals surface area contributed by atoms with E-state index in [0.29, 0.717) is 23.7 Å². The molecule has 1 aromatic heterocycles. The Hall–Kier alpha value is -3.85. The van der Waals surface area contributed by atoms with Gasteiger partial charge in [-0.25, -0.2) is 4.98 Å². The molecule has 0 saturated heterocycles. The maximum Gasteiger partial charge on any atom is 0.135 e. The second kappa shape index (κ2) is 11.9. The van der Waals surface area contributed by atoms with Gasteiger partial charge in [0.1, 0.15) is 12.0 Å². The highest BCUT2D eigenvalue weighted by Crippen LogP contribution is 2.38. The lowest BCUT2D eigenvalue weighted by Crippen LogP contribution is -2.33. The van der Waals surface area contributed by atoms with Crippen LogP contribution in [0.25, 0.3) is 27.5 Å². The molecule has 1 unspecified atom stereocenters. The van der Waals surface area contributed by atoms with Gasteiger partial charge in [0.15, 0.2) is 0 Å². The lowest BCUT2D eigenvalue weighted by molar-refractivity contribution is 0.772. The molecule has 41 heavy (non-hydrogen) atoms. The van der Waals surface area contributed by atoms with E-state index in [1.165, 1.54) is 49.9 Å². The Morgan fingerprint density at radius 3 is 1.80 bits per heavy atom. The number of allylic oxidation sites excluding steroid dienone is 2. The molecule has 1 atom stereocenters. The number of pyridine rings is 1. The highest BCUT2D eigenvalue weighted by atomic mass is 15.1. The molecule has 3 heteroatoms. The Kier molecular flexibility index (Phi) is 8.35. The van der Waals surface area contributed by atoms with Crippen molar-refractivity contribution >= 4 is 22.2 Å². The summed E-state index contributed by atoms with van der Waals surface area (Å²) in [6.45, 7) is 18.3. The van der Waals surface area contributed by atoms with Gasteiger partial charge in [0.2, 0.25) is 0 Å². The number of aromatic nitrogens is 1. The van der Waals surface area contributed by atoms with Crippen molar-refractivity contribution in [2.24, 2.45) is 0 Å². The number of dihydropyridines is 1. The van der Waals surface area contributed by atoms with Crippen LogP contribution in [-0.4, -0.2) is 11.1 Å². The van der Waals surface area contributed by atoms with Crippen LogP contribution in [0.2, 0.25) is 0 Å². The van der Waals surface area contributed by atoms with Crippen LogP contribution in [0.4, 0.5) is 5.82 Å². The Bertz CT molecular complexity index is 1550. The van der Waals surface area contributed by atoms with Crippen molar-refractivity contribution in [3.8, 4) is 11.1 Å². The van der Waals surface area contributed by atoms with Gasteiger partial charge in [-0.15, -0.1) is 0 Å². The van der Waals surface area contributed by atoms with Gasteiger partial charge >= 0.3 is 0 Å². The molecule has 2 N–H and O–H groups in total. The molecule has 4 aromatic rings. The molecule has 0 aliphatic carbocycles. The second-order valence-corrected chi connectivity index (χ2v) is 12.6. The average Bonchev–Trinajstić information content (AvgIpc) is 2.96. The van der Waals surface area contributed by atoms with Crippen LogP contribution < -0.4 is 10.6 Å². The van der Waals surface area contributed by atoms with E-state index in [1.54, 1.807) is 0 Å². The van der Waals surface area contributed by atoms with Gasteiger partial charge in [0, 0.05) is 11.6 Å². The van der Waals surface area contributed by atoms with Crippen molar-refractivity contribution in [2.45, 2.75) is 85.2 Å². The normalized spacial score (nSPS) is 15.2. The molecule has 2 heterocycles. The first kappa shape index (κ1) is 28.7. The molecule has 3 nitrogen and oxygen atoms in total. The largest absolute Gasteiger partial charge is 0.368 e. The number of hydrogen-bond acceptors (Lipinski definition) is 3. The first-order valence-electron chi connectivity index (χ1n) is 15.2. The van der Waals surface area contributed by atoms with Gasteiger partial charge in [0.25, 0.3) is 0 Å². The fourth-order valence-corrected chi connectivity index (χ4v) is 6.14. The molecule has 3 aromatic carbocycles. The van der Waals surface area contributed by atoms with Gasteiger partial charge in [-0.1, -0.05) is 104 Å². The lowest BCUT2D eigenvalue weighted by Gasteiger charge is -2.26. The highest BCUT2D eigenvalue weighted by Gasteiger charge is 2.20. The minimum atomic E-state index is -0.0674. The summed E-state index contributed by atoms with van der Waals surface area (Å²) in [7, 11) is 0. The first-order valence-corrected chi connectivity index (χ1v) is 15.2. The predicted octanol–water partition coefficient (Wildman–Crippen LogP) is 10.3. The Morgan fingerprint density at radius 1 is 0.683 bits per heavy atom. The van der Waals surface area contributed by atoms with Crippen molar-refractivity contribution in [1.29, 1.82) is 0 Å². The summed E-state index contributed by atoms with van der Waals surface area (Å²) in [6, 6.07) is 22.5. The smallest absolute Gasteiger partial charge is 0.135 e. The molecule has 1 aliphatic rings. The van der Waals surface area contributed by atoms with Crippen LogP contribution in [0, 0.1) is 0 Å². The van der Waals surface area contributed by atoms with E-state index in [0.717, 1.165) is 11.2 Å². The number of nitrogens with zero attached hydrogens (tertiary/aromatic N) is 1. The second-order valence-electron chi connectivity index (χ2n) is 12.6. The van der Waals surface area contributed by atoms with E-state index in [2.05, 4.69) is 145 Å². The number of rotatable bonds is 8. The van der Waals surface area contributed by atoms with Crippen LogP contribution in [0.5, 0.6) is 0 Å². The molecular formula is C38H45N3. The zero-order chi connectivity index (χ0) is 29.3. The van der Waals surface area contributed by atoms with Crippen LogP contribution in [0.1, 0.15) is 107 Å². The summed E-state index contributed by atoms with van der Waals surface area (Å²) in [6.07, 6.45) is 8.42. The molecule has 1 aliphatic heterocycles. The van der Waals surface area contributed by atoms with Crippen LogP contribution in [0.3, 0.4) is 0 Å². The van der Waals surface area contributed by atoms with Crippen LogP contribution >= 0.6 is 0 Å². The van der Waals surface area contributed by atoms with Crippen molar-refractivity contribution < 1.29 is 0 Å². The Balaban J connectivity index is 1.52. The summed E-state index contributed by atoms with van der Waals surface area (Å²) in [5.41, 5.74) is 10.9. The number of fused-ring (bicyclic) bond motifs is 1. The van der Waals surface area contributed by atoms with Gasteiger partial charge in [-0.05, 0) is 104 Å². The monoisotopic (exact) mass is 543 g/mol.